The van der Waals surface area contributed by atoms with Gasteiger partial charge >= 0.3 is 0 Å². The van der Waals surface area contributed by atoms with E-state index in [2.05, 4.69) is 14.3 Å². The molecule has 0 bridgehead atoms. The Balaban J connectivity index is 1.21. The van der Waals surface area contributed by atoms with Crippen molar-refractivity contribution in [2.24, 2.45) is 11.8 Å². The van der Waals surface area contributed by atoms with Crippen LogP contribution in [-0.2, 0) is 26.0 Å². The summed E-state index contributed by atoms with van der Waals surface area (Å²) in [5, 5.41) is 35.1. The van der Waals surface area contributed by atoms with E-state index < -0.39 is 34.2 Å². The quantitative estimate of drug-likeness (QED) is 0.0807. The molecule has 47 heavy (non-hydrogen) atoms. The van der Waals surface area contributed by atoms with Crippen LogP contribution in [0.3, 0.4) is 0 Å². The number of hydrogen-bond acceptors (Lipinski definition) is 11. The van der Waals surface area contributed by atoms with Crippen molar-refractivity contribution in [3.8, 4) is 0 Å². The third kappa shape index (κ3) is 11.4. The summed E-state index contributed by atoms with van der Waals surface area (Å²) in [6.07, 6.45) is 6.92. The third-order valence-corrected chi connectivity index (χ3v) is 13.2. The number of benzene rings is 1. The van der Waals surface area contributed by atoms with E-state index in [4.69, 9.17) is 4.74 Å². The number of thiophene rings is 1. The number of aliphatic hydroxyl groups is 3. The number of methoxy groups -OCH3 is 1. The second kappa shape index (κ2) is 18.8. The fraction of sp³-hybridized carbons (Fsp3) is 0.618. The minimum atomic E-state index is -3.98. The molecule has 1 fully saturated rings. The number of carbonyl (C=O) groups is 1. The lowest BCUT2D eigenvalue weighted by atomic mass is 9.85. The van der Waals surface area contributed by atoms with Crippen LogP contribution in [0.5, 0.6) is 0 Å². The first kappa shape index (κ1) is 38.0. The van der Waals surface area contributed by atoms with Crippen molar-refractivity contribution in [2.45, 2.75) is 97.5 Å². The SMILES string of the molecule is CCN[C@@H]1CN(CCCOC)Sc2sc(S(=O)(=O)NC(=O)CCC/C=C\C[C@@H]3[C@@H](CC[C@@H](O)Cc4ccccc4)[C@H](O)C[C@@H]3O)cc21. The molecule has 1 saturated carbocycles. The highest BCUT2D eigenvalue weighted by molar-refractivity contribution is 7.99. The summed E-state index contributed by atoms with van der Waals surface area (Å²) < 4.78 is 36.9. The van der Waals surface area contributed by atoms with Crippen molar-refractivity contribution in [3.63, 3.8) is 0 Å². The van der Waals surface area contributed by atoms with Crippen LogP contribution in [0, 0.1) is 11.8 Å². The normalized spacial score (nSPS) is 24.1. The topological polar surface area (TPSA) is 148 Å². The Labute approximate surface area is 288 Å². The Bertz CT molecular complexity index is 1390. The van der Waals surface area contributed by atoms with E-state index in [9.17, 15) is 28.5 Å². The number of sulfonamides is 1. The Morgan fingerprint density at radius 2 is 1.91 bits per heavy atom. The number of nitrogens with one attached hydrogen (secondary N) is 2. The molecule has 1 aliphatic carbocycles. The monoisotopic (exact) mass is 709 g/mol. The van der Waals surface area contributed by atoms with E-state index >= 15 is 0 Å². The van der Waals surface area contributed by atoms with Crippen molar-refractivity contribution < 1.29 is 33.3 Å². The highest BCUT2D eigenvalue weighted by Crippen LogP contribution is 2.44. The molecule has 2 aromatic rings. The van der Waals surface area contributed by atoms with Gasteiger partial charge in [-0.3, -0.25) is 4.79 Å². The Morgan fingerprint density at radius 3 is 2.66 bits per heavy atom. The van der Waals surface area contributed by atoms with Crippen LogP contribution in [0.2, 0.25) is 0 Å². The van der Waals surface area contributed by atoms with Gasteiger partial charge in [-0.2, -0.15) is 0 Å². The molecule has 0 saturated heterocycles. The van der Waals surface area contributed by atoms with E-state index in [0.717, 1.165) is 41.4 Å². The van der Waals surface area contributed by atoms with Gasteiger partial charge in [0, 0.05) is 39.3 Å². The van der Waals surface area contributed by atoms with Gasteiger partial charge in [0.1, 0.15) is 4.21 Å². The molecule has 1 aliphatic heterocycles. The van der Waals surface area contributed by atoms with Gasteiger partial charge in [0.25, 0.3) is 10.0 Å². The number of ether oxygens (including phenoxy) is 1. The standard InChI is InChI=1S/C34H51N3O7S3/c1-3-35-29-23-37(18-11-19-44-2)46-34-28(29)21-33(45-34)47(42,43)36-32(41)15-10-5-4-9-14-26-27(31(40)22-30(26)39)17-16-25(38)20-24-12-7-6-8-13-24/h4,6-9,12-13,21,25-27,29-31,35,38-40H,3,5,10-11,14-20,22-23H2,1-2H3,(H,36,41)/b9-4-/t25-,26-,27-,29-,30+,31-/m1/s1. The zero-order valence-electron chi connectivity index (χ0n) is 27.4. The Kier molecular flexibility index (Phi) is 15.2. The van der Waals surface area contributed by atoms with Crippen molar-refractivity contribution >= 4 is 39.2 Å². The molecule has 0 spiro atoms. The number of unbranched alkanes of at least 4 members (excludes halogenated alkanes) is 1. The summed E-state index contributed by atoms with van der Waals surface area (Å²) in [7, 11) is -2.30. The van der Waals surface area contributed by atoms with E-state index in [1.54, 1.807) is 25.1 Å². The van der Waals surface area contributed by atoms with Gasteiger partial charge < -0.3 is 25.4 Å². The Hall–Kier alpha value is -1.81. The summed E-state index contributed by atoms with van der Waals surface area (Å²) in [5.74, 6) is -0.729. The van der Waals surface area contributed by atoms with Crippen molar-refractivity contribution in [2.75, 3.05) is 33.4 Å². The van der Waals surface area contributed by atoms with E-state index in [1.807, 2.05) is 49.4 Å². The molecular formula is C34H51N3O7S3. The first-order chi connectivity index (χ1) is 22.6. The second-order valence-electron chi connectivity index (χ2n) is 12.5. The van der Waals surface area contributed by atoms with Crippen LogP contribution < -0.4 is 10.0 Å². The van der Waals surface area contributed by atoms with Gasteiger partial charge in [-0.05, 0) is 98.9 Å². The smallest absolute Gasteiger partial charge is 0.273 e. The number of nitrogens with zero attached hydrogens (tertiary/aromatic N) is 1. The number of fused-ring (bicyclic) bond motifs is 1. The molecule has 2 aliphatic rings. The molecule has 0 unspecified atom stereocenters. The fourth-order valence-corrected chi connectivity index (χ4v) is 10.7. The molecular weight excluding hydrogens is 659 g/mol. The highest BCUT2D eigenvalue weighted by Gasteiger charge is 2.40. The van der Waals surface area contributed by atoms with Gasteiger partial charge in [-0.15, -0.1) is 11.3 Å². The average molecular weight is 710 g/mol. The number of hydrogen-bond donors (Lipinski definition) is 5. The Morgan fingerprint density at radius 1 is 1.15 bits per heavy atom. The molecule has 13 heteroatoms. The van der Waals surface area contributed by atoms with Gasteiger partial charge in [0.05, 0.1) is 22.5 Å². The predicted molar refractivity (Wildman–Crippen MR) is 187 cm³/mol. The first-order valence-electron chi connectivity index (χ1n) is 16.7. The second-order valence-corrected chi connectivity index (χ2v) is 16.8. The molecule has 10 nitrogen and oxygen atoms in total. The van der Waals surface area contributed by atoms with Crippen LogP contribution in [0.4, 0.5) is 0 Å². The van der Waals surface area contributed by atoms with Crippen molar-refractivity contribution in [1.82, 2.24) is 14.3 Å². The molecule has 1 aromatic carbocycles. The molecule has 5 N–H and O–H groups in total. The maximum atomic E-state index is 13.1. The van der Waals surface area contributed by atoms with Crippen molar-refractivity contribution in [1.29, 1.82) is 0 Å². The van der Waals surface area contributed by atoms with Crippen LogP contribution in [0.1, 0.15) is 75.5 Å². The summed E-state index contributed by atoms with van der Waals surface area (Å²) >= 11 is 2.75. The van der Waals surface area contributed by atoms with Gasteiger partial charge in [0.15, 0.2) is 0 Å². The maximum absolute atomic E-state index is 13.1. The minimum absolute atomic E-state index is 0.0107. The zero-order valence-corrected chi connectivity index (χ0v) is 29.9. The van der Waals surface area contributed by atoms with E-state index in [-0.39, 0.29) is 28.5 Å². The molecule has 6 atom stereocenters. The molecule has 1 amide bonds. The summed E-state index contributed by atoms with van der Waals surface area (Å²) in [4.78, 5) is 12.6. The number of rotatable bonds is 19. The number of allylic oxidation sites excluding steroid dienone is 2. The van der Waals surface area contributed by atoms with Crippen LogP contribution >= 0.6 is 23.3 Å². The molecule has 262 valence electrons. The molecule has 4 rings (SSSR count). The maximum Gasteiger partial charge on any atom is 0.273 e. The minimum Gasteiger partial charge on any atom is -0.393 e. The third-order valence-electron chi connectivity index (χ3n) is 8.91. The van der Waals surface area contributed by atoms with Crippen molar-refractivity contribution in [3.05, 3.63) is 59.7 Å². The molecule has 2 heterocycles. The summed E-state index contributed by atoms with van der Waals surface area (Å²) in [6.45, 7) is 5.03. The molecule has 1 aromatic heterocycles. The highest BCUT2D eigenvalue weighted by atomic mass is 32.3. The van der Waals surface area contributed by atoms with E-state index in [0.29, 0.717) is 51.6 Å². The first-order valence-corrected chi connectivity index (χ1v) is 19.8. The lowest BCUT2D eigenvalue weighted by Crippen LogP contribution is -2.35. The lowest BCUT2D eigenvalue weighted by molar-refractivity contribution is -0.119. The van der Waals surface area contributed by atoms with Crippen LogP contribution in [-0.4, -0.2) is 85.6 Å². The van der Waals surface area contributed by atoms with Gasteiger partial charge in [0.2, 0.25) is 5.91 Å². The fourth-order valence-electron chi connectivity index (χ4n) is 6.49. The number of carbonyl (C=O) groups excluding carboxylic acids is 1. The average Bonchev–Trinajstić information content (AvgIpc) is 3.59. The van der Waals surface area contributed by atoms with Gasteiger partial charge in [-0.1, -0.05) is 49.4 Å². The van der Waals surface area contributed by atoms with E-state index in [1.165, 1.54) is 11.3 Å². The largest absolute Gasteiger partial charge is 0.393 e. The number of likely N-dealkylation sites (N-methyl/N-ethyl adjacent to an activating group) is 1. The van der Waals surface area contributed by atoms with Crippen LogP contribution in [0.25, 0.3) is 0 Å². The number of aliphatic hydroxyl groups excluding tert-OH is 3. The molecule has 0 radical (unpaired) electrons. The van der Waals surface area contributed by atoms with Gasteiger partial charge in [-0.25, -0.2) is 17.4 Å². The summed E-state index contributed by atoms with van der Waals surface area (Å²) in [6, 6.07) is 11.5. The lowest BCUT2D eigenvalue weighted by Gasteiger charge is -2.31. The van der Waals surface area contributed by atoms with Crippen LogP contribution in [0.15, 0.2) is 57.0 Å². The predicted octanol–water partition coefficient (Wildman–Crippen LogP) is 4.42. The zero-order chi connectivity index (χ0) is 33.8. The number of amides is 1. The summed E-state index contributed by atoms with van der Waals surface area (Å²) in [5.41, 5.74) is 2.02.